The average Bonchev–Trinajstić information content (AvgIpc) is 3.08. The largest absolute Gasteiger partial charge is 0.497 e. The van der Waals surface area contributed by atoms with E-state index in [0.717, 1.165) is 22.3 Å². The monoisotopic (exact) mass is 368 g/mol. The van der Waals surface area contributed by atoms with Crippen LogP contribution in [0.15, 0.2) is 30.3 Å². The Morgan fingerprint density at radius 3 is 2.65 bits per heavy atom. The molecule has 132 valence electrons. The van der Waals surface area contributed by atoms with Gasteiger partial charge in [0.05, 0.1) is 31.8 Å². The summed E-state index contributed by atoms with van der Waals surface area (Å²) in [6, 6.07) is 11.1. The summed E-state index contributed by atoms with van der Waals surface area (Å²) in [6.07, 6.45) is 2.14. The van der Waals surface area contributed by atoms with Gasteiger partial charge in [0, 0.05) is 12.1 Å². The fourth-order valence-electron chi connectivity index (χ4n) is 3.12. The SMILES string of the molecule is COc1ccc(C#N)c(-c2cc(CN[SH](=O)=O)cc3c2CN(C#N)C3)c1. The zero-order chi connectivity index (χ0) is 18.7. The second-order valence-electron chi connectivity index (χ2n) is 5.85. The Morgan fingerprint density at radius 1 is 1.19 bits per heavy atom. The minimum atomic E-state index is -2.71. The van der Waals surface area contributed by atoms with E-state index in [2.05, 4.69) is 17.0 Å². The first-order valence-corrected chi connectivity index (χ1v) is 8.99. The van der Waals surface area contributed by atoms with E-state index < -0.39 is 10.9 Å². The van der Waals surface area contributed by atoms with Gasteiger partial charge < -0.3 is 9.64 Å². The van der Waals surface area contributed by atoms with Crippen LogP contribution in [0.4, 0.5) is 0 Å². The van der Waals surface area contributed by atoms with E-state index >= 15 is 0 Å². The smallest absolute Gasteiger partial charge is 0.201 e. The Kier molecular flexibility index (Phi) is 5.08. The van der Waals surface area contributed by atoms with Crippen molar-refractivity contribution in [1.29, 1.82) is 10.5 Å². The molecule has 0 aliphatic carbocycles. The molecule has 0 saturated heterocycles. The van der Waals surface area contributed by atoms with Crippen LogP contribution in [-0.2, 0) is 30.5 Å². The Labute approximate surface area is 153 Å². The van der Waals surface area contributed by atoms with Gasteiger partial charge in [0.2, 0.25) is 10.9 Å². The van der Waals surface area contributed by atoms with Gasteiger partial charge in [-0.1, -0.05) is 6.07 Å². The molecule has 26 heavy (non-hydrogen) atoms. The molecule has 0 atom stereocenters. The Balaban J connectivity index is 2.18. The predicted molar refractivity (Wildman–Crippen MR) is 95.2 cm³/mol. The highest BCUT2D eigenvalue weighted by atomic mass is 32.2. The number of hydrogen-bond donors (Lipinski definition) is 2. The van der Waals surface area contributed by atoms with Gasteiger partial charge in [-0.2, -0.15) is 10.5 Å². The summed E-state index contributed by atoms with van der Waals surface area (Å²) < 4.78 is 29.4. The molecule has 0 radical (unpaired) electrons. The predicted octanol–water partition coefficient (Wildman–Crippen LogP) is 1.65. The van der Waals surface area contributed by atoms with E-state index in [1.165, 1.54) is 0 Å². The van der Waals surface area contributed by atoms with Gasteiger partial charge in [-0.05, 0) is 46.5 Å². The lowest BCUT2D eigenvalue weighted by Crippen LogP contribution is -2.11. The van der Waals surface area contributed by atoms with Crippen LogP contribution < -0.4 is 9.46 Å². The molecular weight excluding hydrogens is 352 g/mol. The Bertz CT molecular complexity index is 1010. The summed E-state index contributed by atoms with van der Waals surface area (Å²) in [5.41, 5.74) is 4.69. The highest BCUT2D eigenvalue weighted by Gasteiger charge is 2.24. The summed E-state index contributed by atoms with van der Waals surface area (Å²) in [5.74, 6) is 0.619. The van der Waals surface area contributed by atoms with E-state index in [9.17, 15) is 18.9 Å². The molecule has 1 aliphatic rings. The number of benzene rings is 2. The van der Waals surface area contributed by atoms with Gasteiger partial charge >= 0.3 is 0 Å². The van der Waals surface area contributed by atoms with Crippen LogP contribution in [0.2, 0.25) is 0 Å². The summed E-state index contributed by atoms with van der Waals surface area (Å²) >= 11 is 0. The van der Waals surface area contributed by atoms with Crippen LogP contribution in [-0.4, -0.2) is 20.4 Å². The molecule has 0 saturated carbocycles. The van der Waals surface area contributed by atoms with Crippen molar-refractivity contribution in [3.8, 4) is 29.1 Å². The topological polar surface area (TPSA) is 106 Å². The maximum absolute atomic E-state index is 10.9. The van der Waals surface area contributed by atoms with Crippen molar-refractivity contribution in [2.45, 2.75) is 19.6 Å². The van der Waals surface area contributed by atoms with Gasteiger partial charge in [0.15, 0.2) is 6.19 Å². The molecule has 0 fully saturated rings. The lowest BCUT2D eigenvalue weighted by Gasteiger charge is -2.14. The summed E-state index contributed by atoms with van der Waals surface area (Å²) in [4.78, 5) is 1.62. The molecule has 0 unspecified atom stereocenters. The fourth-order valence-corrected chi connectivity index (χ4v) is 3.43. The third-order valence-electron chi connectivity index (χ3n) is 4.30. The van der Waals surface area contributed by atoms with Crippen molar-refractivity contribution in [2.24, 2.45) is 0 Å². The number of ether oxygens (including phenoxy) is 1. The van der Waals surface area contributed by atoms with Gasteiger partial charge in [0.1, 0.15) is 5.75 Å². The molecule has 0 spiro atoms. The second kappa shape index (κ2) is 7.44. The average molecular weight is 368 g/mol. The highest BCUT2D eigenvalue weighted by Crippen LogP contribution is 2.37. The van der Waals surface area contributed by atoms with Crippen molar-refractivity contribution in [3.63, 3.8) is 0 Å². The zero-order valence-corrected chi connectivity index (χ0v) is 14.9. The number of methoxy groups -OCH3 is 1. The van der Waals surface area contributed by atoms with Gasteiger partial charge in [0.25, 0.3) is 0 Å². The summed E-state index contributed by atoms with van der Waals surface area (Å²) in [7, 11) is -1.15. The number of thiol groups is 1. The normalized spacial score (nSPS) is 12.5. The number of nitrogens with zero attached hydrogens (tertiary/aromatic N) is 3. The molecule has 3 rings (SSSR count). The third-order valence-corrected chi connectivity index (χ3v) is 4.72. The molecule has 0 aromatic heterocycles. The molecule has 8 heteroatoms. The summed E-state index contributed by atoms with van der Waals surface area (Å²) in [6.45, 7) is 1.06. The minimum Gasteiger partial charge on any atom is -0.497 e. The maximum atomic E-state index is 10.9. The minimum absolute atomic E-state index is 0.150. The van der Waals surface area contributed by atoms with Crippen molar-refractivity contribution >= 4 is 10.9 Å². The molecule has 1 heterocycles. The van der Waals surface area contributed by atoms with Crippen LogP contribution in [0.1, 0.15) is 22.3 Å². The number of fused-ring (bicyclic) bond motifs is 1. The van der Waals surface area contributed by atoms with Crippen LogP contribution >= 0.6 is 0 Å². The molecule has 7 nitrogen and oxygen atoms in total. The van der Waals surface area contributed by atoms with Crippen molar-refractivity contribution in [1.82, 2.24) is 9.62 Å². The zero-order valence-electron chi connectivity index (χ0n) is 14.0. The van der Waals surface area contributed by atoms with E-state index in [-0.39, 0.29) is 6.54 Å². The molecule has 2 aromatic carbocycles. The molecule has 0 amide bonds. The van der Waals surface area contributed by atoms with E-state index in [1.54, 1.807) is 30.2 Å². The molecule has 1 N–H and O–H groups in total. The number of nitrogens with one attached hydrogen (secondary N) is 1. The fraction of sp³-hybridized carbons (Fsp3) is 0.222. The van der Waals surface area contributed by atoms with E-state index in [0.29, 0.717) is 30.0 Å². The second-order valence-corrected chi connectivity index (χ2v) is 6.68. The van der Waals surface area contributed by atoms with Crippen LogP contribution in [0.25, 0.3) is 11.1 Å². The van der Waals surface area contributed by atoms with Crippen molar-refractivity contribution < 1.29 is 13.2 Å². The van der Waals surface area contributed by atoms with Crippen molar-refractivity contribution in [2.75, 3.05) is 7.11 Å². The maximum Gasteiger partial charge on any atom is 0.201 e. The van der Waals surface area contributed by atoms with Gasteiger partial charge in [-0.15, -0.1) is 0 Å². The molecule has 2 aromatic rings. The van der Waals surface area contributed by atoms with E-state index in [4.69, 9.17) is 4.74 Å². The van der Waals surface area contributed by atoms with Gasteiger partial charge in [-0.3, -0.25) is 0 Å². The molecule has 0 bridgehead atoms. The van der Waals surface area contributed by atoms with Crippen LogP contribution in [0.5, 0.6) is 5.75 Å². The standard InChI is InChI=1S/C18H16N4O3S/c1-25-15-3-2-13(7-19)16(6-15)17-5-12(8-21-26(23)24)4-14-9-22(11-20)10-18(14)17/h2-6,26H,8-10H2,1H3,(H,21,23,24). The molecule has 1 aliphatic heterocycles. The number of hydrogen-bond acceptors (Lipinski definition) is 6. The van der Waals surface area contributed by atoms with Crippen LogP contribution in [0.3, 0.4) is 0 Å². The first-order valence-electron chi connectivity index (χ1n) is 7.81. The van der Waals surface area contributed by atoms with Crippen LogP contribution in [0, 0.1) is 22.8 Å². The lowest BCUT2D eigenvalue weighted by atomic mass is 9.91. The molecular formula is C18H16N4O3S. The van der Waals surface area contributed by atoms with Crippen molar-refractivity contribution in [3.05, 3.63) is 52.6 Å². The Morgan fingerprint density at radius 2 is 2.00 bits per heavy atom. The number of rotatable bonds is 5. The first kappa shape index (κ1) is 17.7. The lowest BCUT2D eigenvalue weighted by molar-refractivity contribution is 0.415. The first-order chi connectivity index (χ1) is 12.5. The third kappa shape index (κ3) is 3.47. The Hall–Kier alpha value is -3.07. The highest BCUT2D eigenvalue weighted by molar-refractivity contribution is 7.70. The quantitative estimate of drug-likeness (QED) is 0.614. The number of nitriles is 2. The summed E-state index contributed by atoms with van der Waals surface area (Å²) in [5, 5.41) is 18.7. The van der Waals surface area contributed by atoms with Gasteiger partial charge in [-0.25, -0.2) is 13.1 Å². The van der Waals surface area contributed by atoms with E-state index in [1.807, 2.05) is 12.1 Å².